The minimum atomic E-state index is -0.0264. The summed E-state index contributed by atoms with van der Waals surface area (Å²) in [7, 11) is 0. The summed E-state index contributed by atoms with van der Waals surface area (Å²) in [5, 5.41) is 9.36. The van der Waals surface area contributed by atoms with Crippen molar-refractivity contribution in [3.8, 4) is 5.75 Å². The van der Waals surface area contributed by atoms with Gasteiger partial charge in [-0.1, -0.05) is 36.2 Å². The summed E-state index contributed by atoms with van der Waals surface area (Å²) in [6, 6.07) is 5.17. The normalized spacial score (nSPS) is 14.1. The van der Waals surface area contributed by atoms with Crippen molar-refractivity contribution in [2.45, 2.75) is 26.3 Å². The van der Waals surface area contributed by atoms with Crippen molar-refractivity contribution >= 4 is 28.3 Å². The van der Waals surface area contributed by atoms with Gasteiger partial charge >= 0.3 is 0 Å². The van der Waals surface area contributed by atoms with E-state index in [0.717, 1.165) is 16.5 Å². The van der Waals surface area contributed by atoms with E-state index in [0.29, 0.717) is 5.92 Å². The average Bonchev–Trinajstić information content (AvgIpc) is 2.19. The van der Waals surface area contributed by atoms with E-state index in [2.05, 4.69) is 29.8 Å². The Kier molecular flexibility index (Phi) is 6.25. The van der Waals surface area contributed by atoms with E-state index in [-0.39, 0.29) is 24.2 Å². The van der Waals surface area contributed by atoms with E-state index in [1.165, 1.54) is 0 Å². The molecule has 0 amide bonds. The lowest BCUT2D eigenvalue weighted by molar-refractivity contribution is 0.446. The summed E-state index contributed by atoms with van der Waals surface area (Å²) in [4.78, 5) is 0. The smallest absolute Gasteiger partial charge is 0.115 e. The molecule has 2 atom stereocenters. The van der Waals surface area contributed by atoms with E-state index in [1.54, 1.807) is 12.1 Å². The Hall–Kier alpha value is -0.250. The first kappa shape index (κ1) is 14.8. The molecule has 0 aliphatic heterocycles. The number of nitrogens with two attached hydrogens (primary N) is 1. The van der Waals surface area contributed by atoms with Crippen LogP contribution in [0.2, 0.25) is 0 Å². The lowest BCUT2D eigenvalue weighted by Crippen LogP contribution is -2.18. The predicted molar refractivity (Wildman–Crippen MR) is 69.4 cm³/mol. The van der Waals surface area contributed by atoms with Crippen LogP contribution in [0.4, 0.5) is 0 Å². The van der Waals surface area contributed by atoms with Crippen LogP contribution in [0.3, 0.4) is 0 Å². The molecule has 2 nitrogen and oxygen atoms in total. The van der Waals surface area contributed by atoms with Gasteiger partial charge in [0.2, 0.25) is 0 Å². The van der Waals surface area contributed by atoms with Gasteiger partial charge in [0.15, 0.2) is 0 Å². The molecule has 1 unspecified atom stereocenters. The van der Waals surface area contributed by atoms with E-state index in [1.807, 2.05) is 6.07 Å². The van der Waals surface area contributed by atoms with Crippen molar-refractivity contribution in [2.24, 2.45) is 11.7 Å². The zero-order valence-corrected chi connectivity index (χ0v) is 11.3. The van der Waals surface area contributed by atoms with Gasteiger partial charge in [0.1, 0.15) is 5.75 Å². The van der Waals surface area contributed by atoms with Crippen LogP contribution in [-0.2, 0) is 0 Å². The third-order valence-electron chi connectivity index (χ3n) is 2.60. The Morgan fingerprint density at radius 2 is 2.07 bits per heavy atom. The summed E-state index contributed by atoms with van der Waals surface area (Å²) in [5.41, 5.74) is 7.05. The molecule has 1 rings (SSSR count). The molecule has 0 aliphatic rings. The molecule has 15 heavy (non-hydrogen) atoms. The van der Waals surface area contributed by atoms with Crippen LogP contribution in [0, 0.1) is 5.92 Å². The monoisotopic (exact) mass is 293 g/mol. The Bertz CT molecular complexity index is 319. The van der Waals surface area contributed by atoms with Crippen molar-refractivity contribution in [1.29, 1.82) is 0 Å². The second-order valence-electron chi connectivity index (χ2n) is 3.62. The Morgan fingerprint density at radius 3 is 2.60 bits per heavy atom. The van der Waals surface area contributed by atoms with Gasteiger partial charge in [-0.15, -0.1) is 12.4 Å². The zero-order chi connectivity index (χ0) is 10.7. The maximum atomic E-state index is 9.36. The molecule has 1 aromatic carbocycles. The quantitative estimate of drug-likeness (QED) is 0.894. The van der Waals surface area contributed by atoms with Crippen LogP contribution in [0.5, 0.6) is 5.75 Å². The van der Waals surface area contributed by atoms with Crippen LogP contribution in [-0.4, -0.2) is 5.11 Å². The number of rotatable bonds is 3. The first-order chi connectivity index (χ1) is 6.56. The van der Waals surface area contributed by atoms with Gasteiger partial charge in [-0.3, -0.25) is 0 Å². The lowest BCUT2D eigenvalue weighted by atomic mass is 9.93. The van der Waals surface area contributed by atoms with Crippen LogP contribution >= 0.6 is 28.3 Å². The fourth-order valence-electron chi connectivity index (χ4n) is 1.35. The van der Waals surface area contributed by atoms with Gasteiger partial charge in [0.25, 0.3) is 0 Å². The molecule has 0 spiro atoms. The molecule has 0 aliphatic carbocycles. The molecule has 3 N–H and O–H groups in total. The molecule has 1 aromatic rings. The van der Waals surface area contributed by atoms with E-state index in [4.69, 9.17) is 5.73 Å². The number of phenolic OH excluding ortho intramolecular Hbond substituents is 1. The van der Waals surface area contributed by atoms with Crippen molar-refractivity contribution in [2.75, 3.05) is 0 Å². The SMILES string of the molecule is CCC(C)[C@@H](N)c1cc(O)ccc1Br.Cl. The predicted octanol–water partition coefficient (Wildman–Crippen LogP) is 3.62. The Morgan fingerprint density at radius 1 is 1.47 bits per heavy atom. The van der Waals surface area contributed by atoms with Gasteiger partial charge in [0, 0.05) is 10.5 Å². The molecular formula is C11H17BrClNO. The van der Waals surface area contributed by atoms with E-state index in [9.17, 15) is 5.11 Å². The van der Waals surface area contributed by atoms with Gasteiger partial charge in [-0.2, -0.15) is 0 Å². The molecule has 0 bridgehead atoms. The summed E-state index contributed by atoms with van der Waals surface area (Å²) >= 11 is 3.44. The fraction of sp³-hybridized carbons (Fsp3) is 0.455. The second kappa shape index (κ2) is 6.36. The van der Waals surface area contributed by atoms with Gasteiger partial charge in [0.05, 0.1) is 0 Å². The van der Waals surface area contributed by atoms with Crippen molar-refractivity contribution in [3.05, 3.63) is 28.2 Å². The number of hydrogen-bond donors (Lipinski definition) is 2. The number of benzene rings is 1. The summed E-state index contributed by atoms with van der Waals surface area (Å²) in [6.45, 7) is 4.22. The molecule has 4 heteroatoms. The first-order valence-corrected chi connectivity index (χ1v) is 5.59. The number of halogens is 2. The highest BCUT2D eigenvalue weighted by Gasteiger charge is 2.16. The summed E-state index contributed by atoms with van der Waals surface area (Å²) in [6.07, 6.45) is 1.03. The van der Waals surface area contributed by atoms with Gasteiger partial charge < -0.3 is 10.8 Å². The van der Waals surface area contributed by atoms with Crippen LogP contribution in [0.15, 0.2) is 22.7 Å². The average molecular weight is 295 g/mol. The van der Waals surface area contributed by atoms with Crippen LogP contribution < -0.4 is 5.73 Å². The maximum absolute atomic E-state index is 9.36. The first-order valence-electron chi connectivity index (χ1n) is 4.80. The molecule has 86 valence electrons. The topological polar surface area (TPSA) is 46.2 Å². The number of aromatic hydroxyl groups is 1. The molecule has 0 radical (unpaired) electrons. The standard InChI is InChI=1S/C11H16BrNO.ClH/c1-3-7(2)11(13)9-6-8(14)4-5-10(9)12;/h4-7,11,14H,3,13H2,1-2H3;1H/t7?,11-;/m1./s1. The maximum Gasteiger partial charge on any atom is 0.115 e. The minimum absolute atomic E-state index is 0. The van der Waals surface area contributed by atoms with E-state index < -0.39 is 0 Å². The molecule has 0 aromatic heterocycles. The zero-order valence-electron chi connectivity index (χ0n) is 8.90. The van der Waals surface area contributed by atoms with Gasteiger partial charge in [-0.05, 0) is 29.7 Å². The lowest BCUT2D eigenvalue weighted by Gasteiger charge is -2.20. The number of hydrogen-bond acceptors (Lipinski definition) is 2. The fourth-order valence-corrected chi connectivity index (χ4v) is 1.86. The third-order valence-corrected chi connectivity index (χ3v) is 3.32. The molecule has 0 heterocycles. The minimum Gasteiger partial charge on any atom is -0.508 e. The highest BCUT2D eigenvalue weighted by atomic mass is 79.9. The Balaban J connectivity index is 0.00000196. The molecule has 0 saturated heterocycles. The largest absolute Gasteiger partial charge is 0.508 e. The summed E-state index contributed by atoms with van der Waals surface area (Å²) < 4.78 is 0.961. The second-order valence-corrected chi connectivity index (χ2v) is 4.47. The molecule has 0 fully saturated rings. The Labute approximate surface area is 105 Å². The third kappa shape index (κ3) is 3.67. The highest BCUT2D eigenvalue weighted by Crippen LogP contribution is 2.30. The van der Waals surface area contributed by atoms with Crippen molar-refractivity contribution in [3.63, 3.8) is 0 Å². The number of phenols is 1. The summed E-state index contributed by atoms with van der Waals surface area (Å²) in [5.74, 6) is 0.676. The van der Waals surface area contributed by atoms with Crippen molar-refractivity contribution in [1.82, 2.24) is 0 Å². The molecular weight excluding hydrogens is 277 g/mol. The van der Waals surface area contributed by atoms with Crippen LogP contribution in [0.25, 0.3) is 0 Å². The highest BCUT2D eigenvalue weighted by molar-refractivity contribution is 9.10. The van der Waals surface area contributed by atoms with Crippen molar-refractivity contribution < 1.29 is 5.11 Å². The van der Waals surface area contributed by atoms with Gasteiger partial charge in [-0.25, -0.2) is 0 Å². The van der Waals surface area contributed by atoms with E-state index >= 15 is 0 Å². The molecule has 0 saturated carbocycles. The van der Waals surface area contributed by atoms with Crippen LogP contribution in [0.1, 0.15) is 31.9 Å².